The van der Waals surface area contributed by atoms with Crippen LogP contribution in [0.3, 0.4) is 0 Å². The van der Waals surface area contributed by atoms with E-state index in [4.69, 9.17) is 17.3 Å². The maximum absolute atomic E-state index is 14.5. The van der Waals surface area contributed by atoms with Crippen molar-refractivity contribution >= 4 is 46.3 Å². The first-order valence-corrected chi connectivity index (χ1v) is 11.6. The molecule has 2 aromatic heterocycles. The Morgan fingerprint density at radius 1 is 1.15 bits per heavy atom. The summed E-state index contributed by atoms with van der Waals surface area (Å²) >= 11 is 5.76. The van der Waals surface area contributed by atoms with Crippen molar-refractivity contribution in [3.8, 4) is 0 Å². The van der Waals surface area contributed by atoms with Gasteiger partial charge in [0, 0.05) is 23.0 Å². The molecular formula is C22H24ClF2N7O2. The number of carbonyl (C=O) groups excluding carboxylic acids is 1. The van der Waals surface area contributed by atoms with Gasteiger partial charge in [-0.25, -0.2) is 18.7 Å². The summed E-state index contributed by atoms with van der Waals surface area (Å²) in [5.41, 5.74) is 6.06. The molecule has 5 N–H and O–H groups in total. The highest BCUT2D eigenvalue weighted by molar-refractivity contribution is 6.30. The van der Waals surface area contributed by atoms with Gasteiger partial charge in [0.05, 0.1) is 12.3 Å². The lowest BCUT2D eigenvalue weighted by Crippen LogP contribution is -2.39. The first kappa shape index (κ1) is 22.7. The van der Waals surface area contributed by atoms with Crippen LogP contribution in [0, 0.1) is 17.6 Å². The van der Waals surface area contributed by atoms with Crippen LogP contribution >= 0.6 is 11.6 Å². The first-order valence-electron chi connectivity index (χ1n) is 11.2. The Balaban J connectivity index is 1.52. The second kappa shape index (κ2) is 8.95. The van der Waals surface area contributed by atoms with Crippen LogP contribution in [-0.2, 0) is 4.79 Å². The second-order valence-corrected chi connectivity index (χ2v) is 9.39. The van der Waals surface area contributed by atoms with Crippen molar-refractivity contribution in [3.63, 3.8) is 0 Å². The summed E-state index contributed by atoms with van der Waals surface area (Å²) in [5.74, 6) is -1.63. The molecule has 12 heteroatoms. The van der Waals surface area contributed by atoms with Gasteiger partial charge in [0.1, 0.15) is 11.2 Å². The first-order chi connectivity index (χ1) is 16.3. The molecule has 0 spiro atoms. The van der Waals surface area contributed by atoms with Gasteiger partial charge in [-0.1, -0.05) is 11.6 Å². The van der Waals surface area contributed by atoms with Gasteiger partial charge in [-0.05, 0) is 50.7 Å². The zero-order valence-corrected chi connectivity index (χ0v) is 18.9. The predicted octanol–water partition coefficient (Wildman–Crippen LogP) is 3.65. The van der Waals surface area contributed by atoms with E-state index in [0.717, 1.165) is 12.1 Å². The summed E-state index contributed by atoms with van der Waals surface area (Å²) in [5, 5.41) is 15.5. The summed E-state index contributed by atoms with van der Waals surface area (Å²) in [6, 6.07) is 2.00. The molecule has 34 heavy (non-hydrogen) atoms. The normalized spacial score (nSPS) is 24.6. The molecule has 9 nitrogen and oxygen atoms in total. The van der Waals surface area contributed by atoms with E-state index >= 15 is 0 Å². The molecule has 5 rings (SSSR count). The third-order valence-corrected chi connectivity index (χ3v) is 6.81. The number of primary amides is 1. The van der Waals surface area contributed by atoms with Gasteiger partial charge < -0.3 is 21.5 Å². The molecule has 0 atom stereocenters. The van der Waals surface area contributed by atoms with E-state index in [-0.39, 0.29) is 46.7 Å². The number of carbonyl (C=O) groups is 1. The van der Waals surface area contributed by atoms with E-state index in [1.54, 1.807) is 6.20 Å². The average molecular weight is 492 g/mol. The van der Waals surface area contributed by atoms with Crippen LogP contribution < -0.4 is 16.4 Å². The van der Waals surface area contributed by atoms with Gasteiger partial charge in [0.2, 0.25) is 17.8 Å². The van der Waals surface area contributed by atoms with Gasteiger partial charge in [-0.2, -0.15) is 4.98 Å². The smallest absolute Gasteiger partial charge is 0.224 e. The van der Waals surface area contributed by atoms with Crippen LogP contribution in [0.25, 0.3) is 11.2 Å². The Bertz CT molecular complexity index is 1220. The number of nitrogens with zero attached hydrogens (tertiary/aromatic N) is 4. The molecular weight excluding hydrogens is 468 g/mol. The fourth-order valence-corrected chi connectivity index (χ4v) is 4.87. The summed E-state index contributed by atoms with van der Waals surface area (Å²) in [7, 11) is 0. The Kier molecular flexibility index (Phi) is 5.98. The molecule has 0 bridgehead atoms. The third kappa shape index (κ3) is 4.37. The number of hydrogen-bond acceptors (Lipinski definition) is 7. The largest absolute Gasteiger partial charge is 0.393 e. The zero-order chi connectivity index (χ0) is 24.0. The van der Waals surface area contributed by atoms with Gasteiger partial charge in [-0.15, -0.1) is 0 Å². The number of benzene rings is 1. The van der Waals surface area contributed by atoms with Gasteiger partial charge in [-0.3, -0.25) is 9.36 Å². The number of anilines is 3. The molecule has 0 unspecified atom stereocenters. The second-order valence-electron chi connectivity index (χ2n) is 8.95. The molecule has 2 heterocycles. The number of halogens is 3. The highest BCUT2D eigenvalue weighted by Crippen LogP contribution is 2.38. The number of hydrogen-bond donors (Lipinski definition) is 4. The molecule has 2 aliphatic rings. The number of nitrogens with two attached hydrogens (primary N) is 1. The summed E-state index contributed by atoms with van der Waals surface area (Å²) in [4.78, 5) is 25.1. The molecule has 2 fully saturated rings. The van der Waals surface area contributed by atoms with Crippen LogP contribution in [0.2, 0.25) is 5.02 Å². The van der Waals surface area contributed by atoms with Crippen molar-refractivity contribution in [2.45, 2.75) is 56.7 Å². The van der Waals surface area contributed by atoms with Crippen molar-refractivity contribution < 1.29 is 18.7 Å². The fraction of sp³-hybridized carbons (Fsp3) is 0.455. The molecule has 0 aliphatic heterocycles. The maximum atomic E-state index is 14.5. The lowest BCUT2D eigenvalue weighted by molar-refractivity contribution is -0.122. The average Bonchev–Trinajstić information content (AvgIpc) is 3.12. The Morgan fingerprint density at radius 3 is 2.44 bits per heavy atom. The van der Waals surface area contributed by atoms with E-state index in [0.29, 0.717) is 55.6 Å². The minimum atomic E-state index is -0.849. The molecule has 1 amide bonds. The number of nitrogens with one attached hydrogen (secondary N) is 2. The van der Waals surface area contributed by atoms with Crippen molar-refractivity contribution in [2.75, 3.05) is 10.6 Å². The third-order valence-electron chi connectivity index (χ3n) is 6.59. The fourth-order valence-electron chi connectivity index (χ4n) is 4.67. The number of aliphatic hydroxyl groups is 1. The van der Waals surface area contributed by atoms with Crippen LogP contribution in [0.5, 0.6) is 0 Å². The van der Waals surface area contributed by atoms with Gasteiger partial charge >= 0.3 is 0 Å². The topological polar surface area (TPSA) is 131 Å². The van der Waals surface area contributed by atoms with E-state index in [9.17, 15) is 18.7 Å². The van der Waals surface area contributed by atoms with E-state index in [1.165, 1.54) is 0 Å². The maximum Gasteiger partial charge on any atom is 0.224 e. The molecule has 1 aromatic carbocycles. The molecule has 180 valence electrons. The number of aliphatic hydroxyl groups excluding tert-OH is 1. The molecule has 0 saturated heterocycles. The zero-order valence-electron chi connectivity index (χ0n) is 18.1. The van der Waals surface area contributed by atoms with Gasteiger partial charge in [0.15, 0.2) is 17.3 Å². The summed E-state index contributed by atoms with van der Waals surface area (Å²) in [6.07, 6.45) is 4.89. The van der Waals surface area contributed by atoms with Gasteiger partial charge in [0.25, 0.3) is 0 Å². The van der Waals surface area contributed by atoms with Crippen LogP contribution in [0.1, 0.15) is 44.6 Å². The van der Waals surface area contributed by atoms with Crippen LogP contribution in [0.4, 0.5) is 26.4 Å². The number of rotatable bonds is 6. The SMILES string of the molecule is NC(=O)[C@H]1CC[C@@H](n2c(Nc3c(F)cc(Cl)cc3F)nc3cnc(N[C@H]4C[C@@H](O)C4)nc32)CC1. The molecule has 0 radical (unpaired) electrons. The minimum Gasteiger partial charge on any atom is -0.393 e. The standard InChI is InChI=1S/C22H24ClF2N7O2/c23-11-5-15(24)18(16(25)6-11)30-22-29-17-9-27-21(28-12-7-14(33)8-12)31-20(17)32(22)13-3-1-10(2-4-13)19(26)34/h5-6,9-10,12-14,33H,1-4,7-8H2,(H2,26,34)(H,29,30)(H,27,28,31)/t10-,12-,13+,14+. The lowest BCUT2D eigenvalue weighted by Gasteiger charge is -2.32. The molecule has 3 aromatic rings. The van der Waals surface area contributed by atoms with Crippen molar-refractivity contribution in [1.82, 2.24) is 19.5 Å². The van der Waals surface area contributed by atoms with E-state index < -0.39 is 11.6 Å². The number of imidazole rings is 1. The van der Waals surface area contributed by atoms with E-state index in [2.05, 4.69) is 25.6 Å². The number of amides is 1. The highest BCUT2D eigenvalue weighted by Gasteiger charge is 2.31. The monoisotopic (exact) mass is 491 g/mol. The quantitative estimate of drug-likeness (QED) is 0.414. The predicted molar refractivity (Wildman–Crippen MR) is 123 cm³/mol. The number of fused-ring (bicyclic) bond motifs is 1. The Labute approximate surface area is 198 Å². The minimum absolute atomic E-state index is 0.0541. The van der Waals surface area contributed by atoms with E-state index in [1.807, 2.05) is 4.57 Å². The molecule has 2 aliphatic carbocycles. The summed E-state index contributed by atoms with van der Waals surface area (Å²) in [6.45, 7) is 0. The van der Waals surface area contributed by atoms with Crippen molar-refractivity contribution in [1.29, 1.82) is 0 Å². The molecule has 2 saturated carbocycles. The van der Waals surface area contributed by atoms with Crippen LogP contribution in [-0.4, -0.2) is 42.7 Å². The van der Waals surface area contributed by atoms with Crippen molar-refractivity contribution in [3.05, 3.63) is 35.0 Å². The summed E-state index contributed by atoms with van der Waals surface area (Å²) < 4.78 is 30.8. The van der Waals surface area contributed by atoms with Crippen LogP contribution in [0.15, 0.2) is 18.3 Å². The lowest BCUT2D eigenvalue weighted by atomic mass is 9.85. The highest BCUT2D eigenvalue weighted by atomic mass is 35.5. The Hall–Kier alpha value is -3.05. The number of aromatic nitrogens is 4. The Morgan fingerprint density at radius 2 is 1.82 bits per heavy atom. The van der Waals surface area contributed by atoms with Crippen molar-refractivity contribution in [2.24, 2.45) is 11.7 Å².